The summed E-state index contributed by atoms with van der Waals surface area (Å²) in [5.74, 6) is -0.717. The molecule has 0 heterocycles. The first-order chi connectivity index (χ1) is 8.91. The van der Waals surface area contributed by atoms with Crippen molar-refractivity contribution in [1.29, 1.82) is 0 Å². The minimum absolute atomic E-state index is 0.00863. The fraction of sp³-hybridized carbons (Fsp3) is 0.143. The van der Waals surface area contributed by atoms with E-state index < -0.39 is 17.6 Å². The molecule has 0 aromatic heterocycles. The summed E-state index contributed by atoms with van der Waals surface area (Å²) >= 11 is 5.50. The Labute approximate surface area is 112 Å². The van der Waals surface area contributed by atoms with Gasteiger partial charge in [-0.1, -0.05) is 24.3 Å². The van der Waals surface area contributed by atoms with Crippen molar-refractivity contribution in [2.24, 2.45) is 0 Å². The quantitative estimate of drug-likeness (QED) is 0.523. The molecule has 0 unspecified atom stereocenters. The molecule has 2 rings (SSSR count). The molecule has 0 spiro atoms. The zero-order valence-corrected chi connectivity index (χ0v) is 10.4. The fourth-order valence-electron chi connectivity index (χ4n) is 1.80. The molecule has 19 heavy (non-hydrogen) atoms. The highest BCUT2D eigenvalue weighted by Crippen LogP contribution is 2.35. The van der Waals surface area contributed by atoms with Crippen LogP contribution in [0.2, 0.25) is 0 Å². The Kier molecular flexibility index (Phi) is 3.80. The van der Waals surface area contributed by atoms with Gasteiger partial charge in [-0.25, -0.2) is 4.39 Å². The third-order valence-electron chi connectivity index (χ3n) is 2.72. The summed E-state index contributed by atoms with van der Waals surface area (Å²) in [6, 6.07) is 9.24. The molecule has 2 aromatic carbocycles. The molecular weight excluding hydrogens is 280 g/mol. The molecule has 0 amide bonds. The lowest BCUT2D eigenvalue weighted by atomic mass is 9.99. The van der Waals surface area contributed by atoms with Gasteiger partial charge in [0.2, 0.25) is 0 Å². The van der Waals surface area contributed by atoms with Crippen molar-refractivity contribution in [2.45, 2.75) is 12.1 Å². The Morgan fingerprint density at radius 2 is 1.63 bits per heavy atom. The van der Waals surface area contributed by atoms with Crippen molar-refractivity contribution >= 4 is 11.6 Å². The van der Waals surface area contributed by atoms with E-state index in [-0.39, 0.29) is 11.4 Å². The molecule has 0 bridgehead atoms. The second kappa shape index (κ2) is 5.21. The van der Waals surface area contributed by atoms with Crippen molar-refractivity contribution in [3.8, 4) is 11.1 Å². The molecule has 2 aromatic rings. The van der Waals surface area contributed by atoms with Crippen LogP contribution in [0, 0.1) is 5.82 Å². The van der Waals surface area contributed by atoms with Gasteiger partial charge in [-0.15, -0.1) is 11.6 Å². The van der Waals surface area contributed by atoms with Gasteiger partial charge in [-0.2, -0.15) is 13.2 Å². The Balaban J connectivity index is 2.55. The van der Waals surface area contributed by atoms with Crippen LogP contribution >= 0.6 is 11.6 Å². The molecule has 0 fully saturated rings. The summed E-state index contributed by atoms with van der Waals surface area (Å²) in [5.41, 5.74) is -0.0779. The van der Waals surface area contributed by atoms with E-state index in [9.17, 15) is 17.6 Å². The van der Waals surface area contributed by atoms with E-state index in [2.05, 4.69) is 0 Å². The van der Waals surface area contributed by atoms with E-state index in [0.717, 1.165) is 6.07 Å². The van der Waals surface area contributed by atoms with Crippen molar-refractivity contribution in [1.82, 2.24) is 0 Å². The molecular formula is C14H9ClF4. The molecule has 0 aliphatic carbocycles. The molecule has 0 nitrogen and oxygen atoms in total. The molecule has 0 N–H and O–H groups in total. The standard InChI is InChI=1S/C14H9ClF4/c15-8-11-5-4-10(7-13(11)14(17,18)19)9-2-1-3-12(16)6-9/h1-7H,8H2. The fourth-order valence-corrected chi connectivity index (χ4v) is 2.04. The third-order valence-corrected chi connectivity index (χ3v) is 3.01. The largest absolute Gasteiger partial charge is 0.416 e. The van der Waals surface area contributed by atoms with E-state index in [4.69, 9.17) is 11.6 Å². The van der Waals surface area contributed by atoms with E-state index in [0.29, 0.717) is 11.1 Å². The number of hydrogen-bond donors (Lipinski definition) is 0. The molecule has 0 saturated heterocycles. The van der Waals surface area contributed by atoms with Gasteiger partial charge < -0.3 is 0 Å². The van der Waals surface area contributed by atoms with Crippen LogP contribution in [0.3, 0.4) is 0 Å². The Bertz CT molecular complexity index is 590. The molecule has 100 valence electrons. The summed E-state index contributed by atoms with van der Waals surface area (Å²) in [6.07, 6.45) is -4.48. The SMILES string of the molecule is Fc1cccc(-c2ccc(CCl)c(C(F)(F)F)c2)c1. The molecule has 0 saturated carbocycles. The normalized spacial score (nSPS) is 11.6. The van der Waals surface area contributed by atoms with Crippen LogP contribution < -0.4 is 0 Å². The van der Waals surface area contributed by atoms with E-state index in [1.54, 1.807) is 6.07 Å². The zero-order valence-electron chi connectivity index (χ0n) is 9.64. The predicted octanol–water partition coefficient (Wildman–Crippen LogP) is 5.25. The molecule has 0 radical (unpaired) electrons. The summed E-state index contributed by atoms with van der Waals surface area (Å²) < 4.78 is 51.7. The second-order valence-corrected chi connectivity index (χ2v) is 4.28. The van der Waals surface area contributed by atoms with Crippen LogP contribution in [0.1, 0.15) is 11.1 Å². The summed E-state index contributed by atoms with van der Waals surface area (Å²) in [4.78, 5) is 0. The van der Waals surface area contributed by atoms with Gasteiger partial charge in [0.25, 0.3) is 0 Å². The number of alkyl halides is 4. The number of rotatable bonds is 2. The minimum Gasteiger partial charge on any atom is -0.207 e. The highest BCUT2D eigenvalue weighted by molar-refractivity contribution is 6.17. The Hall–Kier alpha value is -1.55. The van der Waals surface area contributed by atoms with Gasteiger partial charge in [-0.3, -0.25) is 0 Å². The smallest absolute Gasteiger partial charge is 0.207 e. The lowest BCUT2D eigenvalue weighted by Gasteiger charge is -2.13. The Morgan fingerprint density at radius 3 is 2.21 bits per heavy atom. The van der Waals surface area contributed by atoms with Crippen LogP contribution in [0.15, 0.2) is 42.5 Å². The van der Waals surface area contributed by atoms with Crippen LogP contribution in [0.4, 0.5) is 17.6 Å². The maximum atomic E-state index is 13.1. The summed E-state index contributed by atoms with van der Waals surface area (Å²) in [6.45, 7) is 0. The highest BCUT2D eigenvalue weighted by Gasteiger charge is 2.33. The van der Waals surface area contributed by atoms with Crippen LogP contribution in [-0.4, -0.2) is 0 Å². The summed E-state index contributed by atoms with van der Waals surface area (Å²) in [5, 5.41) is 0. The van der Waals surface area contributed by atoms with Crippen molar-refractivity contribution in [3.05, 3.63) is 59.4 Å². The monoisotopic (exact) mass is 288 g/mol. The number of halogens is 5. The second-order valence-electron chi connectivity index (χ2n) is 4.01. The molecule has 5 heteroatoms. The van der Waals surface area contributed by atoms with Crippen LogP contribution in [0.25, 0.3) is 11.1 Å². The van der Waals surface area contributed by atoms with Gasteiger partial charge in [0.15, 0.2) is 0 Å². The third kappa shape index (κ3) is 3.07. The average Bonchev–Trinajstić information content (AvgIpc) is 2.37. The Morgan fingerprint density at radius 1 is 0.947 bits per heavy atom. The molecule has 0 atom stereocenters. The van der Waals surface area contributed by atoms with Crippen molar-refractivity contribution in [2.75, 3.05) is 0 Å². The van der Waals surface area contributed by atoms with Crippen LogP contribution in [-0.2, 0) is 12.1 Å². The van der Waals surface area contributed by atoms with Gasteiger partial charge >= 0.3 is 6.18 Å². The lowest BCUT2D eigenvalue weighted by molar-refractivity contribution is -0.138. The van der Waals surface area contributed by atoms with Crippen LogP contribution in [0.5, 0.6) is 0 Å². The maximum Gasteiger partial charge on any atom is 0.416 e. The van der Waals surface area contributed by atoms with Gasteiger partial charge in [0, 0.05) is 5.88 Å². The van der Waals surface area contributed by atoms with Crippen molar-refractivity contribution in [3.63, 3.8) is 0 Å². The van der Waals surface area contributed by atoms with Gasteiger partial charge in [0.1, 0.15) is 5.82 Å². The van der Waals surface area contributed by atoms with Gasteiger partial charge in [-0.05, 0) is 34.9 Å². The van der Waals surface area contributed by atoms with E-state index >= 15 is 0 Å². The first kappa shape index (κ1) is 13.9. The van der Waals surface area contributed by atoms with E-state index in [1.807, 2.05) is 0 Å². The first-order valence-corrected chi connectivity index (χ1v) is 5.97. The summed E-state index contributed by atoms with van der Waals surface area (Å²) in [7, 11) is 0. The van der Waals surface area contributed by atoms with Gasteiger partial charge in [0.05, 0.1) is 5.56 Å². The molecule has 0 aliphatic rings. The van der Waals surface area contributed by atoms with E-state index in [1.165, 1.54) is 30.3 Å². The predicted molar refractivity (Wildman–Crippen MR) is 66.4 cm³/mol. The first-order valence-electron chi connectivity index (χ1n) is 5.44. The maximum absolute atomic E-state index is 13.1. The topological polar surface area (TPSA) is 0 Å². The number of benzene rings is 2. The highest BCUT2D eigenvalue weighted by atomic mass is 35.5. The zero-order chi connectivity index (χ0) is 14.0. The average molecular weight is 289 g/mol. The molecule has 0 aliphatic heterocycles. The lowest BCUT2D eigenvalue weighted by Crippen LogP contribution is -2.08. The number of hydrogen-bond acceptors (Lipinski definition) is 0. The van der Waals surface area contributed by atoms with Crippen molar-refractivity contribution < 1.29 is 17.6 Å². The minimum atomic E-state index is -4.48.